The fourth-order valence-electron chi connectivity index (χ4n) is 1.94. The Kier molecular flexibility index (Phi) is 5.51. The molecule has 0 aliphatic rings. The first-order valence-electron chi connectivity index (χ1n) is 7.70. The third kappa shape index (κ3) is 4.48. The maximum Gasteiger partial charge on any atom is 0.321 e. The molecular formula is C16H23N5O2S. The summed E-state index contributed by atoms with van der Waals surface area (Å²) in [7, 11) is 0. The Hall–Kier alpha value is -2.06. The lowest BCUT2D eigenvalue weighted by molar-refractivity contribution is 0.229. The first-order valence-corrected chi connectivity index (χ1v) is 8.52. The average Bonchev–Trinajstić information content (AvgIpc) is 2.86. The van der Waals surface area contributed by atoms with E-state index < -0.39 is 6.03 Å². The number of aromatic nitrogens is 3. The standard InChI is InChI=1S/C16H23N5O2S/c1-9(8-22)18-14(23)21-15-19-10(2)12(24-15)11-6-7-17-13(20-11)16(3,4)5/h6-7,9,22H,8H2,1-5H3,(H2,18,19,21,23). The van der Waals surface area contributed by atoms with Crippen molar-refractivity contribution in [2.45, 2.75) is 46.1 Å². The molecule has 8 heteroatoms. The molecule has 0 radical (unpaired) electrons. The van der Waals surface area contributed by atoms with E-state index in [1.54, 1.807) is 13.1 Å². The van der Waals surface area contributed by atoms with Gasteiger partial charge in [0, 0.05) is 11.6 Å². The van der Waals surface area contributed by atoms with Gasteiger partial charge in [0.1, 0.15) is 5.82 Å². The molecule has 0 aliphatic carbocycles. The van der Waals surface area contributed by atoms with Gasteiger partial charge in [-0.1, -0.05) is 32.1 Å². The van der Waals surface area contributed by atoms with E-state index in [2.05, 4.69) is 46.4 Å². The molecule has 0 saturated carbocycles. The molecule has 0 spiro atoms. The van der Waals surface area contributed by atoms with Crippen molar-refractivity contribution in [2.24, 2.45) is 0 Å². The number of aliphatic hydroxyl groups excluding tert-OH is 1. The zero-order valence-corrected chi connectivity index (χ0v) is 15.4. The van der Waals surface area contributed by atoms with Crippen LogP contribution in [0.4, 0.5) is 9.93 Å². The molecule has 2 rings (SSSR count). The molecule has 24 heavy (non-hydrogen) atoms. The minimum absolute atomic E-state index is 0.119. The van der Waals surface area contributed by atoms with Crippen molar-refractivity contribution in [1.82, 2.24) is 20.3 Å². The van der Waals surface area contributed by atoms with Gasteiger partial charge in [0.25, 0.3) is 0 Å². The Balaban J connectivity index is 2.22. The van der Waals surface area contributed by atoms with Crippen LogP contribution in [0.15, 0.2) is 12.3 Å². The maximum absolute atomic E-state index is 11.8. The van der Waals surface area contributed by atoms with Crippen LogP contribution in [-0.2, 0) is 5.41 Å². The number of carbonyl (C=O) groups is 1. The zero-order chi connectivity index (χ0) is 17.9. The van der Waals surface area contributed by atoms with Crippen molar-refractivity contribution < 1.29 is 9.90 Å². The molecule has 0 saturated heterocycles. The number of amides is 2. The number of carbonyl (C=O) groups excluding carboxylic acids is 1. The van der Waals surface area contributed by atoms with Crippen molar-refractivity contribution in [3.05, 3.63) is 23.8 Å². The van der Waals surface area contributed by atoms with Gasteiger partial charge in [0.15, 0.2) is 5.13 Å². The van der Waals surface area contributed by atoms with E-state index >= 15 is 0 Å². The SMILES string of the molecule is Cc1nc(NC(=O)NC(C)CO)sc1-c1ccnc(C(C)(C)C)n1. The van der Waals surface area contributed by atoms with Crippen molar-refractivity contribution in [2.75, 3.05) is 11.9 Å². The molecule has 1 unspecified atom stereocenters. The van der Waals surface area contributed by atoms with Crippen LogP contribution in [0, 0.1) is 6.92 Å². The van der Waals surface area contributed by atoms with Crippen molar-refractivity contribution >= 4 is 22.5 Å². The van der Waals surface area contributed by atoms with E-state index in [-0.39, 0.29) is 18.1 Å². The van der Waals surface area contributed by atoms with E-state index in [1.165, 1.54) is 11.3 Å². The lowest BCUT2D eigenvalue weighted by atomic mass is 9.95. The molecule has 1 atom stereocenters. The summed E-state index contributed by atoms with van der Waals surface area (Å²) < 4.78 is 0. The normalized spacial score (nSPS) is 12.8. The van der Waals surface area contributed by atoms with Crippen molar-refractivity contribution in [1.29, 1.82) is 0 Å². The van der Waals surface area contributed by atoms with Gasteiger partial charge in [-0.25, -0.2) is 19.7 Å². The highest BCUT2D eigenvalue weighted by Crippen LogP contribution is 2.32. The predicted octanol–water partition coefficient (Wildman–Crippen LogP) is 2.71. The molecule has 2 aromatic rings. The first-order chi connectivity index (χ1) is 11.2. The number of thiazole rings is 1. The first kappa shape index (κ1) is 18.3. The van der Waals surface area contributed by atoms with Gasteiger partial charge in [-0.15, -0.1) is 0 Å². The summed E-state index contributed by atoms with van der Waals surface area (Å²) in [5, 5.41) is 14.8. The van der Waals surface area contributed by atoms with E-state index in [9.17, 15) is 4.79 Å². The minimum Gasteiger partial charge on any atom is -0.394 e. The van der Waals surface area contributed by atoms with Gasteiger partial charge < -0.3 is 10.4 Å². The van der Waals surface area contributed by atoms with Crippen molar-refractivity contribution in [3.63, 3.8) is 0 Å². The Bertz CT molecular complexity index is 723. The third-order valence-corrected chi connectivity index (χ3v) is 4.32. The highest BCUT2D eigenvalue weighted by Gasteiger charge is 2.19. The smallest absolute Gasteiger partial charge is 0.321 e. The van der Waals surface area contributed by atoms with Gasteiger partial charge in [-0.2, -0.15) is 0 Å². The summed E-state index contributed by atoms with van der Waals surface area (Å²) in [4.78, 5) is 26.1. The molecule has 130 valence electrons. The summed E-state index contributed by atoms with van der Waals surface area (Å²) in [5.41, 5.74) is 1.45. The number of aliphatic hydroxyl groups is 1. The van der Waals surface area contributed by atoms with E-state index in [4.69, 9.17) is 5.11 Å². The lowest BCUT2D eigenvalue weighted by Crippen LogP contribution is -2.38. The topological polar surface area (TPSA) is 100 Å². The monoisotopic (exact) mass is 349 g/mol. The highest BCUT2D eigenvalue weighted by molar-refractivity contribution is 7.19. The van der Waals surface area contributed by atoms with E-state index in [0.29, 0.717) is 5.13 Å². The fraction of sp³-hybridized carbons (Fsp3) is 0.500. The van der Waals surface area contributed by atoms with Gasteiger partial charge in [-0.3, -0.25) is 5.32 Å². The predicted molar refractivity (Wildman–Crippen MR) is 95.3 cm³/mol. The molecule has 0 bridgehead atoms. The number of aryl methyl sites for hydroxylation is 1. The van der Waals surface area contributed by atoms with Crippen LogP contribution in [0.25, 0.3) is 10.6 Å². The molecule has 2 heterocycles. The Morgan fingerprint density at radius 1 is 1.38 bits per heavy atom. The summed E-state index contributed by atoms with van der Waals surface area (Å²) >= 11 is 1.36. The fourth-order valence-corrected chi connectivity index (χ4v) is 2.87. The second-order valence-corrected chi connectivity index (χ2v) is 7.63. The van der Waals surface area contributed by atoms with Crippen LogP contribution in [0.3, 0.4) is 0 Å². The van der Waals surface area contributed by atoms with Crippen LogP contribution in [0.2, 0.25) is 0 Å². The second-order valence-electron chi connectivity index (χ2n) is 6.63. The summed E-state index contributed by atoms with van der Waals surface area (Å²) in [5.74, 6) is 0.761. The molecule has 2 aromatic heterocycles. The van der Waals surface area contributed by atoms with Crippen LogP contribution < -0.4 is 10.6 Å². The van der Waals surface area contributed by atoms with E-state index in [1.807, 2.05) is 13.0 Å². The van der Waals surface area contributed by atoms with Gasteiger partial charge in [0.2, 0.25) is 0 Å². The van der Waals surface area contributed by atoms with Crippen LogP contribution in [0.1, 0.15) is 39.2 Å². The highest BCUT2D eigenvalue weighted by atomic mass is 32.1. The lowest BCUT2D eigenvalue weighted by Gasteiger charge is -2.16. The molecule has 0 aromatic carbocycles. The third-order valence-electron chi connectivity index (χ3n) is 3.23. The van der Waals surface area contributed by atoms with Gasteiger partial charge in [-0.05, 0) is 19.9 Å². The summed E-state index contributed by atoms with van der Waals surface area (Å²) in [6.07, 6.45) is 1.74. The molecule has 3 N–H and O–H groups in total. The van der Waals surface area contributed by atoms with Crippen LogP contribution in [-0.4, -0.2) is 38.7 Å². The van der Waals surface area contributed by atoms with Gasteiger partial charge >= 0.3 is 6.03 Å². The number of anilines is 1. The molecule has 0 fully saturated rings. The number of rotatable bonds is 4. The Labute approximate surface area is 145 Å². The zero-order valence-electron chi connectivity index (χ0n) is 14.5. The minimum atomic E-state index is -0.394. The molecule has 2 amide bonds. The van der Waals surface area contributed by atoms with Crippen LogP contribution in [0.5, 0.6) is 0 Å². The average molecular weight is 349 g/mol. The Morgan fingerprint density at radius 3 is 2.71 bits per heavy atom. The molecule has 7 nitrogen and oxygen atoms in total. The number of hydrogen-bond donors (Lipinski definition) is 3. The molecular weight excluding hydrogens is 326 g/mol. The van der Waals surface area contributed by atoms with Crippen molar-refractivity contribution in [3.8, 4) is 10.6 Å². The number of nitrogens with zero attached hydrogens (tertiary/aromatic N) is 3. The van der Waals surface area contributed by atoms with E-state index in [0.717, 1.165) is 22.1 Å². The second kappa shape index (κ2) is 7.23. The quantitative estimate of drug-likeness (QED) is 0.788. The largest absolute Gasteiger partial charge is 0.394 e. The Morgan fingerprint density at radius 2 is 2.08 bits per heavy atom. The summed E-state index contributed by atoms with van der Waals surface area (Å²) in [6.45, 7) is 9.66. The number of urea groups is 1. The number of hydrogen-bond acceptors (Lipinski definition) is 6. The maximum atomic E-state index is 11.8. The number of nitrogens with one attached hydrogen (secondary N) is 2. The van der Waals surface area contributed by atoms with Crippen LogP contribution >= 0.6 is 11.3 Å². The molecule has 0 aliphatic heterocycles. The summed E-state index contributed by atoms with van der Waals surface area (Å²) in [6, 6.07) is 1.13. The van der Waals surface area contributed by atoms with Gasteiger partial charge in [0.05, 0.1) is 28.9 Å².